The summed E-state index contributed by atoms with van der Waals surface area (Å²) in [6.45, 7) is 9.81. The predicted octanol–water partition coefficient (Wildman–Crippen LogP) is 1.55. The van der Waals surface area contributed by atoms with Gasteiger partial charge < -0.3 is 29.2 Å². The Bertz CT molecular complexity index is 1110. The van der Waals surface area contributed by atoms with Gasteiger partial charge >= 0.3 is 17.9 Å². The smallest absolute Gasteiger partial charge is 0.339 e. The second-order valence-electron chi connectivity index (χ2n) is 12.3. The minimum absolute atomic E-state index is 0.140. The molecule has 10 atom stereocenters. The van der Waals surface area contributed by atoms with Gasteiger partial charge in [-0.15, -0.1) is 0 Å². The van der Waals surface area contributed by atoms with Crippen LogP contribution in [0.3, 0.4) is 0 Å². The Hall–Kier alpha value is -2.23. The molecule has 4 aliphatic heterocycles. The molecule has 2 saturated heterocycles. The Balaban J connectivity index is 1.50. The maximum atomic E-state index is 13.1. The highest BCUT2D eigenvalue weighted by Gasteiger charge is 2.88. The molecule has 9 heteroatoms. The predicted molar refractivity (Wildman–Crippen MR) is 118 cm³/mol. The quantitative estimate of drug-likeness (QED) is 0.320. The van der Waals surface area contributed by atoms with Crippen LogP contribution in [0.15, 0.2) is 23.8 Å². The molecular formula is C26H32O9. The van der Waals surface area contributed by atoms with E-state index in [1.54, 1.807) is 0 Å². The van der Waals surface area contributed by atoms with E-state index in [9.17, 15) is 24.6 Å². The summed E-state index contributed by atoms with van der Waals surface area (Å²) < 4.78 is 22.8. The van der Waals surface area contributed by atoms with Gasteiger partial charge in [0, 0.05) is 34.5 Å². The summed E-state index contributed by atoms with van der Waals surface area (Å²) in [4.78, 5) is 37.4. The average molecular weight is 489 g/mol. The van der Waals surface area contributed by atoms with Gasteiger partial charge in [0.05, 0.1) is 6.10 Å². The van der Waals surface area contributed by atoms with Gasteiger partial charge in [-0.2, -0.15) is 0 Å². The number of rotatable bonds is 1. The number of allylic oxidation sites excluding steroid dienone is 1. The van der Waals surface area contributed by atoms with E-state index >= 15 is 0 Å². The van der Waals surface area contributed by atoms with Crippen LogP contribution >= 0.6 is 0 Å². The van der Waals surface area contributed by atoms with Crippen LogP contribution in [0.4, 0.5) is 0 Å². The zero-order valence-corrected chi connectivity index (χ0v) is 20.6. The molecule has 0 bridgehead atoms. The van der Waals surface area contributed by atoms with Gasteiger partial charge in [0.1, 0.15) is 17.3 Å². The molecule has 0 aromatic heterocycles. The van der Waals surface area contributed by atoms with Crippen LogP contribution in [-0.4, -0.2) is 63.9 Å². The molecule has 2 N–H and O–H groups in total. The maximum Gasteiger partial charge on any atom is 0.339 e. The highest BCUT2D eigenvalue weighted by Crippen LogP contribution is 2.78. The Morgan fingerprint density at radius 1 is 0.943 bits per heavy atom. The third-order valence-corrected chi connectivity index (χ3v) is 10.5. The lowest BCUT2D eigenvalue weighted by Crippen LogP contribution is -2.73. The van der Waals surface area contributed by atoms with Crippen LogP contribution < -0.4 is 0 Å². The molecule has 4 fully saturated rings. The van der Waals surface area contributed by atoms with Gasteiger partial charge in [-0.25, -0.2) is 14.4 Å². The second-order valence-corrected chi connectivity index (χ2v) is 12.3. The van der Waals surface area contributed by atoms with E-state index in [0.29, 0.717) is 19.3 Å². The van der Waals surface area contributed by atoms with E-state index < -0.39 is 70.0 Å². The number of carbonyl (C=O) groups is 3. The summed E-state index contributed by atoms with van der Waals surface area (Å²) in [5.74, 6) is -1.96. The fraction of sp³-hybridized carbons (Fsp3) is 0.731. The molecule has 1 spiro atoms. The number of carbonyl (C=O) groups excluding carboxylic acids is 3. The standard InChI is InChI=1S/C26H32O9/c1-22(2)14-11-15(27)25(5)13(23(14,3)8-7-16(28)34-22)6-9-24(4)18(12-10-17(29)32-20(12)30)33-21(31)19-26(24,25)35-19/h7-8,10,13-15,18-20,27,30H,6,9,11H2,1-5H3/t13-,14+,15-,18+,19-,20?,23-,24+,25+,26-/m1/s1. The molecule has 0 radical (unpaired) electrons. The van der Waals surface area contributed by atoms with Crippen molar-refractivity contribution in [2.24, 2.45) is 28.1 Å². The first-order valence-corrected chi connectivity index (χ1v) is 12.3. The number of aliphatic hydroxyl groups is 2. The lowest BCUT2D eigenvalue weighted by atomic mass is 9.37. The zero-order valence-electron chi connectivity index (χ0n) is 20.6. The van der Waals surface area contributed by atoms with E-state index in [2.05, 4.69) is 6.92 Å². The Morgan fingerprint density at radius 3 is 2.31 bits per heavy atom. The first-order valence-electron chi connectivity index (χ1n) is 12.3. The zero-order chi connectivity index (χ0) is 25.3. The van der Waals surface area contributed by atoms with Crippen molar-refractivity contribution < 1.29 is 43.5 Å². The van der Waals surface area contributed by atoms with Crippen molar-refractivity contribution in [2.75, 3.05) is 0 Å². The van der Waals surface area contributed by atoms with Gasteiger partial charge in [-0.05, 0) is 44.4 Å². The minimum Gasteiger partial charge on any atom is -0.456 e. The lowest BCUT2D eigenvalue weighted by molar-refractivity contribution is -0.249. The third kappa shape index (κ3) is 2.52. The summed E-state index contributed by atoms with van der Waals surface area (Å²) in [6.07, 6.45) is 2.01. The van der Waals surface area contributed by atoms with E-state index in [0.717, 1.165) is 0 Å². The summed E-state index contributed by atoms with van der Waals surface area (Å²) in [5.41, 5.74) is -3.89. The normalized spacial score (nSPS) is 53.6. The van der Waals surface area contributed by atoms with Gasteiger partial charge in [-0.3, -0.25) is 0 Å². The number of aliphatic hydroxyl groups excluding tert-OH is 2. The van der Waals surface area contributed by atoms with Crippen LogP contribution in [-0.2, 0) is 33.3 Å². The summed E-state index contributed by atoms with van der Waals surface area (Å²) in [5, 5.41) is 22.3. The first-order chi connectivity index (χ1) is 16.2. The summed E-state index contributed by atoms with van der Waals surface area (Å²) in [7, 11) is 0. The molecule has 0 amide bonds. The van der Waals surface area contributed by atoms with Crippen molar-refractivity contribution in [3.63, 3.8) is 0 Å². The van der Waals surface area contributed by atoms with Crippen LogP contribution in [0, 0.1) is 28.1 Å². The lowest BCUT2D eigenvalue weighted by Gasteiger charge is -2.67. The van der Waals surface area contributed by atoms with Crippen LogP contribution in [0.2, 0.25) is 0 Å². The molecule has 35 heavy (non-hydrogen) atoms. The molecule has 0 aromatic carbocycles. The van der Waals surface area contributed by atoms with E-state index in [1.807, 2.05) is 33.8 Å². The highest BCUT2D eigenvalue weighted by atomic mass is 16.7. The molecule has 6 aliphatic rings. The first kappa shape index (κ1) is 23.2. The number of hydrogen-bond donors (Lipinski definition) is 2. The van der Waals surface area contributed by atoms with Gasteiger partial charge in [0.15, 0.2) is 6.10 Å². The number of fused-ring (bicyclic) bond motifs is 3. The molecule has 0 aromatic rings. The van der Waals surface area contributed by atoms with Gasteiger partial charge in [0.2, 0.25) is 6.29 Å². The van der Waals surface area contributed by atoms with Crippen molar-refractivity contribution in [2.45, 2.75) is 89.7 Å². The Kier molecular flexibility index (Phi) is 4.34. The number of hydrogen-bond acceptors (Lipinski definition) is 9. The van der Waals surface area contributed by atoms with Crippen molar-refractivity contribution in [1.82, 2.24) is 0 Å². The van der Waals surface area contributed by atoms with Crippen LogP contribution in [0.1, 0.15) is 53.9 Å². The molecular weight excluding hydrogens is 456 g/mol. The number of epoxide rings is 1. The van der Waals surface area contributed by atoms with Crippen molar-refractivity contribution in [3.05, 3.63) is 23.8 Å². The number of ether oxygens (including phenoxy) is 4. The monoisotopic (exact) mass is 488 g/mol. The van der Waals surface area contributed by atoms with Gasteiger partial charge in [-0.1, -0.05) is 26.8 Å². The highest BCUT2D eigenvalue weighted by molar-refractivity contribution is 5.87. The Morgan fingerprint density at radius 2 is 1.66 bits per heavy atom. The SMILES string of the molecule is CC1(C)OC(=O)C=C[C@]2(C)[C@H]3CC[C@@]4(C)[C@H](C5=CC(=O)OC5O)OC(=O)[C@H]5O[C@]54[C@]3(C)[C@H](O)C[C@@H]12. The van der Waals surface area contributed by atoms with Gasteiger partial charge in [0.25, 0.3) is 0 Å². The topological polar surface area (TPSA) is 132 Å². The molecule has 2 aliphatic carbocycles. The maximum absolute atomic E-state index is 13.1. The van der Waals surface area contributed by atoms with Crippen LogP contribution in [0.5, 0.6) is 0 Å². The fourth-order valence-corrected chi connectivity index (χ4v) is 8.99. The third-order valence-electron chi connectivity index (χ3n) is 10.5. The largest absolute Gasteiger partial charge is 0.456 e. The summed E-state index contributed by atoms with van der Waals surface area (Å²) in [6, 6.07) is 0. The number of cyclic esters (lactones) is 3. The van der Waals surface area contributed by atoms with Crippen molar-refractivity contribution >= 4 is 17.9 Å². The minimum atomic E-state index is -1.50. The van der Waals surface area contributed by atoms with Crippen molar-refractivity contribution in [3.8, 4) is 0 Å². The number of esters is 3. The van der Waals surface area contributed by atoms with E-state index in [-0.39, 0.29) is 17.4 Å². The fourth-order valence-electron chi connectivity index (χ4n) is 8.99. The van der Waals surface area contributed by atoms with Crippen LogP contribution in [0.25, 0.3) is 0 Å². The van der Waals surface area contributed by atoms with E-state index in [1.165, 1.54) is 12.2 Å². The summed E-state index contributed by atoms with van der Waals surface area (Å²) >= 11 is 0. The van der Waals surface area contributed by atoms with Crippen molar-refractivity contribution in [1.29, 1.82) is 0 Å². The molecule has 190 valence electrons. The second kappa shape index (κ2) is 6.55. The molecule has 4 heterocycles. The molecule has 9 nitrogen and oxygen atoms in total. The average Bonchev–Trinajstić information content (AvgIpc) is 3.47. The molecule has 2 saturated carbocycles. The van der Waals surface area contributed by atoms with E-state index in [4.69, 9.17) is 18.9 Å². The molecule has 6 rings (SSSR count). The molecule has 1 unspecified atom stereocenters. The Labute approximate surface area is 203 Å².